The topological polar surface area (TPSA) is 98.5 Å². The second kappa shape index (κ2) is 9.05. The molecule has 0 radical (unpaired) electrons. The van der Waals surface area contributed by atoms with Crippen LogP contribution in [0.5, 0.6) is 5.75 Å². The third-order valence-electron chi connectivity index (χ3n) is 4.88. The highest BCUT2D eigenvalue weighted by molar-refractivity contribution is 7.92. The lowest BCUT2D eigenvalue weighted by molar-refractivity contribution is 0.104. The van der Waals surface area contributed by atoms with Gasteiger partial charge in [-0.05, 0) is 48.5 Å². The molecule has 4 aromatic rings. The van der Waals surface area contributed by atoms with Crippen molar-refractivity contribution in [1.29, 1.82) is 0 Å². The van der Waals surface area contributed by atoms with Crippen LogP contribution in [0.3, 0.4) is 0 Å². The van der Waals surface area contributed by atoms with Crippen molar-refractivity contribution in [2.45, 2.75) is 9.79 Å². The maximum Gasteiger partial charge on any atom is 0.211 e. The molecule has 168 valence electrons. The summed E-state index contributed by atoms with van der Waals surface area (Å²) in [4.78, 5) is 13.0. The van der Waals surface area contributed by atoms with Crippen LogP contribution in [0.15, 0.2) is 88.7 Å². The van der Waals surface area contributed by atoms with Gasteiger partial charge in [-0.2, -0.15) is 0 Å². The quantitative estimate of drug-likeness (QED) is 0.348. The molecule has 3 aromatic carbocycles. The first-order valence-corrected chi connectivity index (χ1v) is 12.0. The molecule has 0 aliphatic heterocycles. The number of ether oxygens (including phenoxy) is 1. The Kier molecular flexibility index (Phi) is 6.17. The van der Waals surface area contributed by atoms with E-state index in [2.05, 4.69) is 5.32 Å². The maximum absolute atomic E-state index is 13.6. The third-order valence-corrected chi connectivity index (χ3v) is 7.99. The second-order valence-electron chi connectivity index (χ2n) is 7.01. The van der Waals surface area contributed by atoms with Crippen LogP contribution >= 0.6 is 11.3 Å². The van der Waals surface area contributed by atoms with Gasteiger partial charge in [0.15, 0.2) is 0 Å². The highest BCUT2D eigenvalue weighted by Crippen LogP contribution is 2.44. The van der Waals surface area contributed by atoms with E-state index in [1.54, 1.807) is 30.3 Å². The lowest BCUT2D eigenvalue weighted by Crippen LogP contribution is -2.08. The first-order chi connectivity index (χ1) is 15.8. The summed E-state index contributed by atoms with van der Waals surface area (Å²) in [6, 6.07) is 19.7. The third kappa shape index (κ3) is 4.46. The molecule has 4 rings (SSSR count). The summed E-state index contributed by atoms with van der Waals surface area (Å²) in [6.07, 6.45) is 0. The van der Waals surface area contributed by atoms with Crippen LogP contribution in [0.25, 0.3) is 0 Å². The summed E-state index contributed by atoms with van der Waals surface area (Å²) in [7, 11) is -2.63. The van der Waals surface area contributed by atoms with Crippen LogP contribution < -0.4 is 15.8 Å². The number of rotatable bonds is 7. The molecular weight excluding hydrogens is 463 g/mol. The zero-order valence-electron chi connectivity index (χ0n) is 17.4. The van der Waals surface area contributed by atoms with Crippen LogP contribution in [0.1, 0.15) is 15.2 Å². The van der Waals surface area contributed by atoms with E-state index in [4.69, 9.17) is 10.5 Å². The van der Waals surface area contributed by atoms with Gasteiger partial charge in [0.25, 0.3) is 0 Å². The summed E-state index contributed by atoms with van der Waals surface area (Å²) in [5.41, 5.74) is 6.97. The summed E-state index contributed by atoms with van der Waals surface area (Å²) in [5.74, 6) is -0.328. The minimum absolute atomic E-state index is 0.00586. The van der Waals surface area contributed by atoms with Crippen molar-refractivity contribution in [2.24, 2.45) is 0 Å². The van der Waals surface area contributed by atoms with Gasteiger partial charge in [0.1, 0.15) is 26.3 Å². The number of nitrogens with one attached hydrogen (secondary N) is 1. The first kappa shape index (κ1) is 22.5. The number of nitrogens with two attached hydrogens (primary N) is 1. The number of carbonyl (C=O) groups is 1. The Balaban J connectivity index is 1.86. The van der Waals surface area contributed by atoms with Crippen molar-refractivity contribution in [3.63, 3.8) is 0 Å². The van der Waals surface area contributed by atoms with Crippen molar-refractivity contribution in [1.82, 2.24) is 0 Å². The number of nitrogen functional groups attached to an aromatic ring is 1. The Labute approximate surface area is 194 Å². The molecule has 0 saturated carbocycles. The molecule has 0 saturated heterocycles. The lowest BCUT2D eigenvalue weighted by atomic mass is 10.1. The summed E-state index contributed by atoms with van der Waals surface area (Å²) in [6.45, 7) is 0. The number of ketones is 1. The van der Waals surface area contributed by atoms with E-state index in [0.29, 0.717) is 17.0 Å². The molecule has 3 N–H and O–H groups in total. The Morgan fingerprint density at radius 1 is 0.970 bits per heavy atom. The maximum atomic E-state index is 13.6. The molecule has 0 fully saturated rings. The highest BCUT2D eigenvalue weighted by Gasteiger charge is 2.31. The fourth-order valence-corrected chi connectivity index (χ4v) is 6.14. The van der Waals surface area contributed by atoms with Crippen molar-refractivity contribution in [2.75, 3.05) is 18.2 Å². The predicted octanol–water partition coefficient (Wildman–Crippen LogP) is 5.29. The fourth-order valence-electron chi connectivity index (χ4n) is 3.20. The van der Waals surface area contributed by atoms with Crippen molar-refractivity contribution < 1.29 is 22.3 Å². The van der Waals surface area contributed by atoms with Crippen LogP contribution in [0, 0.1) is 5.82 Å². The SMILES string of the molecule is COc1ccc(S(=O)(=O)c2c(Nc3ccc(F)cc3)sc(C(=O)c3ccccc3)c2N)cc1. The van der Waals surface area contributed by atoms with Gasteiger partial charge in [0.05, 0.1) is 17.7 Å². The molecule has 1 aromatic heterocycles. The Morgan fingerprint density at radius 3 is 2.21 bits per heavy atom. The smallest absolute Gasteiger partial charge is 0.211 e. The molecule has 0 amide bonds. The van der Waals surface area contributed by atoms with Gasteiger partial charge in [-0.15, -0.1) is 11.3 Å². The van der Waals surface area contributed by atoms with E-state index >= 15 is 0 Å². The zero-order valence-corrected chi connectivity index (χ0v) is 19.0. The number of sulfone groups is 1. The first-order valence-electron chi connectivity index (χ1n) is 9.75. The number of anilines is 3. The highest BCUT2D eigenvalue weighted by atomic mass is 32.2. The molecule has 0 unspecified atom stereocenters. The standard InChI is InChI=1S/C24H19FN2O4S2/c1-31-18-11-13-19(14-12-18)33(29,30)23-20(26)22(21(28)15-5-3-2-4-6-15)32-24(23)27-17-9-7-16(25)8-10-17/h2-14,27H,26H2,1H3. The summed E-state index contributed by atoms with van der Waals surface area (Å²) in [5, 5.41) is 3.14. The molecule has 0 bridgehead atoms. The minimum atomic E-state index is -4.11. The molecule has 0 spiro atoms. The van der Waals surface area contributed by atoms with Gasteiger partial charge in [-0.1, -0.05) is 30.3 Å². The molecule has 6 nitrogen and oxygen atoms in total. The Hall–Kier alpha value is -3.69. The Bertz CT molecular complexity index is 1400. The fraction of sp³-hybridized carbons (Fsp3) is 0.0417. The van der Waals surface area contributed by atoms with Gasteiger partial charge in [-0.25, -0.2) is 12.8 Å². The molecule has 0 aliphatic carbocycles. The van der Waals surface area contributed by atoms with E-state index in [0.717, 1.165) is 11.3 Å². The van der Waals surface area contributed by atoms with Crippen LogP contribution in [-0.2, 0) is 9.84 Å². The van der Waals surface area contributed by atoms with Crippen molar-refractivity contribution >= 4 is 43.3 Å². The molecular formula is C24H19FN2O4S2. The van der Waals surface area contributed by atoms with E-state index in [1.165, 1.54) is 55.6 Å². The Morgan fingerprint density at radius 2 is 1.61 bits per heavy atom. The number of carbonyl (C=O) groups excluding carboxylic acids is 1. The second-order valence-corrected chi connectivity index (χ2v) is 9.92. The molecule has 0 atom stereocenters. The van der Waals surface area contributed by atoms with E-state index < -0.39 is 21.4 Å². The monoisotopic (exact) mass is 482 g/mol. The average Bonchev–Trinajstić information content (AvgIpc) is 3.16. The van der Waals surface area contributed by atoms with Gasteiger partial charge in [0.2, 0.25) is 15.6 Å². The zero-order chi connectivity index (χ0) is 23.6. The normalized spacial score (nSPS) is 11.2. The number of hydrogen-bond donors (Lipinski definition) is 2. The van der Waals surface area contributed by atoms with Crippen molar-refractivity contribution in [3.05, 3.63) is 95.1 Å². The van der Waals surface area contributed by atoms with Crippen LogP contribution in [0.2, 0.25) is 0 Å². The largest absolute Gasteiger partial charge is 0.497 e. The van der Waals surface area contributed by atoms with Gasteiger partial charge < -0.3 is 15.8 Å². The van der Waals surface area contributed by atoms with E-state index in [1.807, 2.05) is 0 Å². The molecule has 33 heavy (non-hydrogen) atoms. The summed E-state index contributed by atoms with van der Waals surface area (Å²) < 4.78 is 45.6. The van der Waals surface area contributed by atoms with Crippen LogP contribution in [0.4, 0.5) is 20.8 Å². The predicted molar refractivity (Wildman–Crippen MR) is 127 cm³/mol. The molecule has 9 heteroatoms. The average molecular weight is 483 g/mol. The molecule has 0 aliphatic rings. The number of methoxy groups -OCH3 is 1. The van der Waals surface area contributed by atoms with Gasteiger partial charge in [-0.3, -0.25) is 4.79 Å². The molecule has 1 heterocycles. The van der Waals surface area contributed by atoms with E-state index in [9.17, 15) is 17.6 Å². The van der Waals surface area contributed by atoms with Gasteiger partial charge in [0, 0.05) is 11.3 Å². The van der Waals surface area contributed by atoms with Gasteiger partial charge >= 0.3 is 0 Å². The number of hydrogen-bond acceptors (Lipinski definition) is 7. The van der Waals surface area contributed by atoms with Crippen LogP contribution in [-0.4, -0.2) is 21.3 Å². The van der Waals surface area contributed by atoms with E-state index in [-0.39, 0.29) is 25.4 Å². The lowest BCUT2D eigenvalue weighted by Gasteiger charge is -2.10. The minimum Gasteiger partial charge on any atom is -0.497 e. The number of thiophene rings is 1. The summed E-state index contributed by atoms with van der Waals surface area (Å²) >= 11 is 0.934. The number of halogens is 1. The number of benzene rings is 3. The van der Waals surface area contributed by atoms with Crippen molar-refractivity contribution in [3.8, 4) is 5.75 Å².